The Balaban J connectivity index is 0.000000147. The predicted molar refractivity (Wildman–Crippen MR) is 625 cm³/mol. The predicted octanol–water partition coefficient (Wildman–Crippen LogP) is 31.5. The van der Waals surface area contributed by atoms with Crippen molar-refractivity contribution in [2.24, 2.45) is 40.9 Å². The topological polar surface area (TPSA) is 204 Å². The number of amides is 4. The molecule has 1 unspecified atom stereocenters. The molecule has 4 aromatic carbocycles. The lowest BCUT2D eigenvalue weighted by Gasteiger charge is -2.39. The molecule has 10 heterocycles. The van der Waals surface area contributed by atoms with Crippen LogP contribution >= 0.6 is 174 Å². The van der Waals surface area contributed by atoms with Gasteiger partial charge in [0.2, 0.25) is 23.6 Å². The minimum absolute atomic E-state index is 0. The normalized spacial score (nSPS) is 23.5. The Morgan fingerprint density at radius 2 is 0.685 bits per heavy atom. The molecule has 8 aliphatic carbocycles. The third kappa shape index (κ3) is 27.7. The molecule has 6 atom stereocenters. The Hall–Kier alpha value is -4.72. The van der Waals surface area contributed by atoms with Crippen LogP contribution in [0.4, 0.5) is 0 Å². The highest BCUT2D eigenvalue weighted by atomic mass is 79.9. The highest BCUT2D eigenvalue weighted by Gasteiger charge is 2.47. The molecule has 10 fully saturated rings. The second-order valence-electron chi connectivity index (χ2n) is 43.2. The van der Waals surface area contributed by atoms with Crippen molar-refractivity contribution >= 4 is 209 Å². The number of ether oxygens (including phenoxy) is 4. The second-order valence-corrected chi connectivity index (χ2v) is 52.0. The first kappa shape index (κ1) is 118. The minimum Gasteiger partial charge on any atom is -0.348 e. The third-order valence-corrected chi connectivity index (χ3v) is 39.6. The summed E-state index contributed by atoms with van der Waals surface area (Å²) in [7, 11) is 0. The van der Waals surface area contributed by atoms with Crippen LogP contribution in [0.15, 0.2) is 145 Å². The molecule has 0 bridgehead atoms. The molecule has 30 heteroatoms. The number of piperidine rings is 4. The summed E-state index contributed by atoms with van der Waals surface area (Å²) < 4.78 is 31.7. The van der Waals surface area contributed by atoms with Crippen LogP contribution in [-0.4, -0.2) is 165 Å². The summed E-state index contributed by atoms with van der Waals surface area (Å²) in [5.74, 6) is 3.72. The number of aromatic nitrogens is 4. The fraction of sp³-hybridized carbons (Fsp3) is 0.563. The van der Waals surface area contributed by atoms with Crippen LogP contribution < -0.4 is 0 Å². The van der Waals surface area contributed by atoms with Gasteiger partial charge >= 0.3 is 0 Å². The monoisotopic (exact) mass is 2620 g/mol. The number of hydrogen-bond acceptors (Lipinski definition) is 14. The number of benzene rings is 4. The number of carbonyl (C=O) groups is 6. The Morgan fingerprint density at radius 1 is 0.362 bits per heavy atom. The standard InChI is InChI=1S/C29H33Br2ClN2O3.C29H31Br2ClN2O3.C29H33Br2ClN2O2.C28H31Br2ClN2O2.4CH4/c2*30-22-14-21-2-1-20-15-23(32)16-24(31)26(20)27(28(21)33-17-22)19-5-9-34(10-6-19)25(35)13-18-3-7-29(8-4-18)36-11-12-37-29;1-29(10-3-2-4-24(29)35)11-7-25(36)34-12-8-18(9-13-34)27-26-19(15-22(32)16-23(26)31)5-6-20-14-21(30)17-33-28(20)27;29-21-13-20-6-5-19-14-22(31)15-23(30)26(19)27(28(20)32-16-21)18-9-11-33(12-10-18)25(35)8-7-17-3-1-2-4-24(17)34;;;;/h14-19,27H,1-13H2;13-17,19,27H,1-12H2;14-18,27H,2-13H2,1H3;13-18,27H,1-12H2;4*1H4/t2*27-;27-,29-;17?,27-;;;;/m1111..../s1. The van der Waals surface area contributed by atoms with Crippen molar-refractivity contribution < 1.29 is 47.7 Å². The number of nitrogens with zero attached hydrogens (tertiary/aromatic N) is 8. The molecule has 4 aromatic heterocycles. The van der Waals surface area contributed by atoms with Gasteiger partial charge in [0.1, 0.15) is 11.6 Å². The molecule has 6 saturated heterocycles. The number of Topliss-reactive ketones (excluding diaryl/α,β-unsaturated/α-hetero) is 2. The van der Waals surface area contributed by atoms with Gasteiger partial charge < -0.3 is 38.5 Å². The van der Waals surface area contributed by atoms with E-state index < -0.39 is 5.79 Å². The lowest BCUT2D eigenvalue weighted by atomic mass is 9.71. The number of hydrogen-bond donors (Lipinski definition) is 0. The van der Waals surface area contributed by atoms with Crippen LogP contribution in [0.5, 0.6) is 0 Å². The van der Waals surface area contributed by atoms with E-state index in [0.29, 0.717) is 118 Å². The number of aryl methyl sites for hydroxylation is 8. The van der Waals surface area contributed by atoms with Crippen LogP contribution in [-0.2, 0) is 99.1 Å². The third-order valence-electron chi connectivity index (χ3n) is 34.4. The highest BCUT2D eigenvalue weighted by molar-refractivity contribution is 9.11. The van der Waals surface area contributed by atoms with E-state index in [1.54, 1.807) is 0 Å². The van der Waals surface area contributed by atoms with Gasteiger partial charge in [-0.3, -0.25) is 48.7 Å². The number of halogens is 12. The summed E-state index contributed by atoms with van der Waals surface area (Å²) >= 11 is 55.6. The number of likely N-dealkylation sites (tertiary alicyclic amines) is 4. The Morgan fingerprint density at radius 3 is 1.03 bits per heavy atom. The summed E-state index contributed by atoms with van der Waals surface area (Å²) in [4.78, 5) is 105. The molecule has 18 nitrogen and oxygen atoms in total. The Kier molecular flexibility index (Phi) is 41.9. The van der Waals surface area contributed by atoms with E-state index in [2.05, 4.69) is 188 Å². The molecule has 6 aliphatic heterocycles. The maximum absolute atomic E-state index is 13.3. The van der Waals surface area contributed by atoms with Gasteiger partial charge in [0.15, 0.2) is 11.6 Å². The van der Waals surface area contributed by atoms with E-state index in [1.165, 1.54) is 83.7 Å². The Bertz CT molecular complexity index is 6170. The summed E-state index contributed by atoms with van der Waals surface area (Å²) in [6, 6.07) is 25.4. The fourth-order valence-corrected chi connectivity index (χ4v) is 32.5. The maximum Gasteiger partial charge on any atom is 0.246 e. The number of rotatable bonds is 13. The molecule has 22 rings (SSSR count). The zero-order valence-electron chi connectivity index (χ0n) is 82.4. The van der Waals surface area contributed by atoms with Crippen molar-refractivity contribution in [1.29, 1.82) is 0 Å². The van der Waals surface area contributed by atoms with E-state index >= 15 is 0 Å². The van der Waals surface area contributed by atoms with Crippen LogP contribution in [0, 0.1) is 40.9 Å². The van der Waals surface area contributed by atoms with Gasteiger partial charge in [0, 0.05) is 232 Å². The van der Waals surface area contributed by atoms with Gasteiger partial charge in [-0.25, -0.2) is 0 Å². The summed E-state index contributed by atoms with van der Waals surface area (Å²) in [5.41, 5.74) is 21.2. The number of pyridine rings is 4. The smallest absolute Gasteiger partial charge is 0.246 e. The number of fused-ring (bicyclic) bond motifs is 8. The molecule has 8 aromatic rings. The van der Waals surface area contributed by atoms with Crippen molar-refractivity contribution in [3.05, 3.63) is 255 Å². The number of carbonyl (C=O) groups excluding carboxylic acids is 6. The minimum atomic E-state index is -0.397. The van der Waals surface area contributed by atoms with Crippen LogP contribution in [0.25, 0.3) is 0 Å². The van der Waals surface area contributed by atoms with Gasteiger partial charge in [0.05, 0.1) is 49.2 Å². The molecule has 0 radical (unpaired) electrons. The quantitative estimate of drug-likeness (QED) is 0.0986. The number of allylic oxidation sites excluding steroid dienone is 1. The lowest BCUT2D eigenvalue weighted by molar-refractivity contribution is -0.183. The number of ketones is 2. The van der Waals surface area contributed by atoms with E-state index in [9.17, 15) is 28.8 Å². The van der Waals surface area contributed by atoms with Crippen molar-refractivity contribution in [1.82, 2.24) is 39.5 Å². The van der Waals surface area contributed by atoms with Gasteiger partial charge in [-0.15, -0.1) is 0 Å². The van der Waals surface area contributed by atoms with Crippen molar-refractivity contribution in [3.8, 4) is 0 Å². The van der Waals surface area contributed by atoms with Gasteiger partial charge in [-0.05, 0) is 400 Å². The molecule has 2 spiro atoms. The van der Waals surface area contributed by atoms with E-state index in [0.717, 1.165) is 312 Å². The van der Waals surface area contributed by atoms with Crippen LogP contribution in [0.1, 0.15) is 336 Å². The van der Waals surface area contributed by atoms with Crippen molar-refractivity contribution in [2.45, 2.75) is 309 Å². The summed E-state index contributed by atoms with van der Waals surface area (Å²) in [5, 5.41) is 3.04. The largest absolute Gasteiger partial charge is 0.348 e. The average Bonchev–Trinajstić information content (AvgIpc) is 1.67. The first-order valence-corrected chi connectivity index (χ1v) is 60.7. The van der Waals surface area contributed by atoms with Gasteiger partial charge in [-0.2, -0.15) is 0 Å². The molecule has 0 N–H and O–H groups in total. The van der Waals surface area contributed by atoms with E-state index in [1.807, 2.05) is 69.8 Å². The summed E-state index contributed by atoms with van der Waals surface area (Å²) in [6.07, 6.45) is 42.5. The molecule has 4 saturated carbocycles. The molecular weight excluding hydrogens is 2480 g/mol. The average molecular weight is 2630 g/mol. The van der Waals surface area contributed by atoms with E-state index in [4.69, 9.17) is 85.3 Å². The van der Waals surface area contributed by atoms with Crippen LogP contribution in [0.3, 0.4) is 0 Å². The zero-order chi connectivity index (χ0) is 101. The van der Waals surface area contributed by atoms with Crippen molar-refractivity contribution in [3.63, 3.8) is 0 Å². The zero-order valence-corrected chi connectivity index (χ0v) is 98.1. The first-order chi connectivity index (χ1) is 70.0. The lowest BCUT2D eigenvalue weighted by Crippen LogP contribution is -2.42. The highest BCUT2D eigenvalue weighted by Crippen LogP contribution is 2.54. The first-order valence-electron chi connectivity index (χ1n) is 52.9. The SMILES string of the molecule is C.C.C.C.C[C@]1(CCC(=O)N2CCC([C@H]3c4ncc(Br)cc4CCc4cc(Cl)cc(Br)c43)CC2)CCCCC1=O.O=C(C=C1CCC2(CC1)OCCO2)N1CCC([C@H]2c3ncc(Br)cc3CCc3cc(Cl)cc(Br)c32)CC1.O=C(CC1CCC2(CC1)OCCO2)N1CCC([C@H]2c3ncc(Br)cc3CCc3cc(Cl)cc(Br)c32)CC1.O=C1CCCCC1CCC(=O)N1CCC([C@H]2c3ncc(Br)cc3CCc3cc(Cl)cc(Br)c32)CC1. The van der Waals surface area contributed by atoms with Gasteiger partial charge in [-0.1, -0.05) is 165 Å². The fourth-order valence-electron chi connectivity index (χ4n) is 26.5. The van der Waals surface area contributed by atoms with Crippen LogP contribution in [0.2, 0.25) is 20.1 Å². The summed E-state index contributed by atoms with van der Waals surface area (Å²) in [6.45, 7) is 11.0. The molecule has 4 amide bonds. The maximum atomic E-state index is 13.3. The van der Waals surface area contributed by atoms with Crippen molar-refractivity contribution in [2.75, 3.05) is 78.8 Å². The molecule has 14 aliphatic rings. The molecular formula is C119H144Br8Cl4N8O10. The Labute approximate surface area is 970 Å². The van der Waals surface area contributed by atoms with Gasteiger partial charge in [0.25, 0.3) is 0 Å². The molecule has 804 valence electrons. The molecule has 149 heavy (non-hydrogen) atoms. The second kappa shape index (κ2) is 52.8. The van der Waals surface area contributed by atoms with E-state index in [-0.39, 0.29) is 88.2 Å².